The van der Waals surface area contributed by atoms with Crippen LogP contribution in [0.1, 0.15) is 18.1 Å². The van der Waals surface area contributed by atoms with Gasteiger partial charge in [0.25, 0.3) is 5.91 Å². The van der Waals surface area contributed by atoms with Crippen molar-refractivity contribution in [3.63, 3.8) is 0 Å². The molecular formula is C21H21N3O3S. The minimum Gasteiger partial charge on any atom is -0.489 e. The van der Waals surface area contributed by atoms with Crippen LogP contribution in [0.15, 0.2) is 76.6 Å². The van der Waals surface area contributed by atoms with Gasteiger partial charge in [0, 0.05) is 16.6 Å². The van der Waals surface area contributed by atoms with E-state index in [1.54, 1.807) is 31.2 Å². The van der Waals surface area contributed by atoms with Crippen molar-refractivity contribution in [2.75, 3.05) is 5.32 Å². The Morgan fingerprint density at radius 3 is 2.57 bits per heavy atom. The van der Waals surface area contributed by atoms with E-state index in [0.717, 1.165) is 16.9 Å². The fraction of sp³-hybridized carbons (Fsp3) is 0.143. The van der Waals surface area contributed by atoms with Crippen LogP contribution in [0.2, 0.25) is 0 Å². The summed E-state index contributed by atoms with van der Waals surface area (Å²) >= 11 is 1.51. The first kappa shape index (κ1) is 19.4. The number of thiophene rings is 1. The molecule has 0 fully saturated rings. The Balaban J connectivity index is 1.49. The van der Waals surface area contributed by atoms with Crippen LogP contribution < -0.4 is 15.8 Å². The maximum absolute atomic E-state index is 12.2. The summed E-state index contributed by atoms with van der Waals surface area (Å²) in [6.07, 6.45) is -0.786. The van der Waals surface area contributed by atoms with E-state index in [1.807, 2.05) is 47.2 Å². The van der Waals surface area contributed by atoms with Gasteiger partial charge in [0.2, 0.25) is 6.10 Å². The van der Waals surface area contributed by atoms with Gasteiger partial charge in [0.1, 0.15) is 12.4 Å². The number of hydrogen-bond donors (Lipinski definition) is 2. The van der Waals surface area contributed by atoms with Crippen LogP contribution >= 0.6 is 11.3 Å². The van der Waals surface area contributed by atoms with Gasteiger partial charge >= 0.3 is 0 Å². The fourth-order valence-corrected chi connectivity index (χ4v) is 2.92. The van der Waals surface area contributed by atoms with Gasteiger partial charge in [0.15, 0.2) is 5.84 Å². The number of rotatable bonds is 8. The van der Waals surface area contributed by atoms with Crippen molar-refractivity contribution in [1.82, 2.24) is 0 Å². The number of nitrogens with zero attached hydrogens (tertiary/aromatic N) is 1. The molecule has 144 valence electrons. The van der Waals surface area contributed by atoms with Crippen LogP contribution in [0.5, 0.6) is 5.75 Å². The van der Waals surface area contributed by atoms with Crippen molar-refractivity contribution >= 4 is 28.8 Å². The van der Waals surface area contributed by atoms with E-state index in [1.165, 1.54) is 11.3 Å². The first-order valence-electron chi connectivity index (χ1n) is 8.71. The Morgan fingerprint density at radius 1 is 1.14 bits per heavy atom. The average Bonchev–Trinajstić information content (AvgIpc) is 3.27. The molecule has 1 amide bonds. The normalized spacial score (nSPS) is 12.2. The Hall–Kier alpha value is -3.32. The Kier molecular flexibility index (Phi) is 6.64. The quantitative estimate of drug-likeness (QED) is 0.343. The number of hydrogen-bond acceptors (Lipinski definition) is 5. The lowest BCUT2D eigenvalue weighted by Crippen LogP contribution is -2.27. The minimum absolute atomic E-state index is 0.237. The summed E-state index contributed by atoms with van der Waals surface area (Å²) < 4.78 is 5.73. The lowest BCUT2D eigenvalue weighted by atomic mass is 10.2. The lowest BCUT2D eigenvalue weighted by molar-refractivity contribution is -0.126. The molecule has 0 spiro atoms. The maximum Gasteiger partial charge on any atom is 0.267 e. The number of anilines is 1. The molecule has 0 saturated heterocycles. The molecule has 1 atom stereocenters. The lowest BCUT2D eigenvalue weighted by Gasteiger charge is -2.12. The highest BCUT2D eigenvalue weighted by molar-refractivity contribution is 7.08. The second-order valence-corrected chi connectivity index (χ2v) is 6.80. The molecular weight excluding hydrogens is 374 g/mol. The van der Waals surface area contributed by atoms with E-state index in [4.69, 9.17) is 15.3 Å². The molecule has 0 saturated carbocycles. The van der Waals surface area contributed by atoms with Gasteiger partial charge in [-0.2, -0.15) is 11.3 Å². The zero-order valence-corrected chi connectivity index (χ0v) is 16.2. The van der Waals surface area contributed by atoms with E-state index in [-0.39, 0.29) is 11.7 Å². The summed E-state index contributed by atoms with van der Waals surface area (Å²) in [6, 6.07) is 18.9. The molecule has 7 heteroatoms. The molecule has 0 aliphatic carbocycles. The van der Waals surface area contributed by atoms with Crippen molar-refractivity contribution in [2.45, 2.75) is 19.6 Å². The topological polar surface area (TPSA) is 85.9 Å². The summed E-state index contributed by atoms with van der Waals surface area (Å²) in [5, 5.41) is 10.3. The molecule has 28 heavy (non-hydrogen) atoms. The number of carbonyl (C=O) groups excluding carboxylic acids is 1. The molecule has 0 bridgehead atoms. The summed E-state index contributed by atoms with van der Waals surface area (Å²) in [6.45, 7) is 2.10. The van der Waals surface area contributed by atoms with Gasteiger partial charge in [-0.1, -0.05) is 35.5 Å². The largest absolute Gasteiger partial charge is 0.489 e. The molecule has 2 aromatic carbocycles. The first-order valence-corrected chi connectivity index (χ1v) is 9.65. The van der Waals surface area contributed by atoms with Gasteiger partial charge in [0.05, 0.1) is 0 Å². The highest BCUT2D eigenvalue weighted by atomic mass is 32.1. The molecule has 0 radical (unpaired) electrons. The average molecular weight is 395 g/mol. The van der Waals surface area contributed by atoms with E-state index < -0.39 is 6.10 Å². The molecule has 0 aliphatic rings. The predicted octanol–water partition coefficient (Wildman–Crippen LogP) is 3.99. The van der Waals surface area contributed by atoms with Crippen LogP contribution in [0.25, 0.3) is 0 Å². The molecule has 3 rings (SSSR count). The second-order valence-electron chi connectivity index (χ2n) is 6.02. The van der Waals surface area contributed by atoms with Gasteiger partial charge in [-0.25, -0.2) is 0 Å². The van der Waals surface area contributed by atoms with Crippen molar-refractivity contribution in [3.05, 3.63) is 82.6 Å². The van der Waals surface area contributed by atoms with Crippen molar-refractivity contribution < 1.29 is 14.4 Å². The van der Waals surface area contributed by atoms with Gasteiger partial charge < -0.3 is 20.6 Å². The zero-order chi connectivity index (χ0) is 19.8. The molecule has 1 aromatic heterocycles. The third-order valence-corrected chi connectivity index (χ3v) is 4.55. The number of benzene rings is 2. The number of nitrogens with two attached hydrogens (primary N) is 1. The Morgan fingerprint density at radius 2 is 1.89 bits per heavy atom. The molecule has 3 aromatic rings. The SMILES string of the molecule is CC(O/N=C(\N)c1ccsc1)C(=O)Nc1ccc(OCc2ccccc2)cc1. The minimum atomic E-state index is -0.786. The summed E-state index contributed by atoms with van der Waals surface area (Å²) in [7, 11) is 0. The van der Waals surface area contributed by atoms with Crippen LogP contribution in [0, 0.1) is 0 Å². The predicted molar refractivity (Wildman–Crippen MR) is 111 cm³/mol. The highest BCUT2D eigenvalue weighted by Gasteiger charge is 2.15. The second kappa shape index (κ2) is 9.57. The van der Waals surface area contributed by atoms with Gasteiger partial charge in [-0.05, 0) is 48.2 Å². The van der Waals surface area contributed by atoms with Crippen molar-refractivity contribution in [1.29, 1.82) is 0 Å². The summed E-state index contributed by atoms with van der Waals surface area (Å²) in [5.74, 6) is 0.639. The highest BCUT2D eigenvalue weighted by Crippen LogP contribution is 2.17. The van der Waals surface area contributed by atoms with Crippen molar-refractivity contribution in [3.8, 4) is 5.75 Å². The van der Waals surface area contributed by atoms with Crippen LogP contribution in [0.4, 0.5) is 5.69 Å². The Bertz CT molecular complexity index is 910. The molecule has 1 unspecified atom stereocenters. The Labute approximate surface area is 167 Å². The number of oxime groups is 1. The molecule has 0 aliphatic heterocycles. The van der Waals surface area contributed by atoms with Crippen LogP contribution in [-0.2, 0) is 16.2 Å². The van der Waals surface area contributed by atoms with Gasteiger partial charge in [-0.15, -0.1) is 0 Å². The summed E-state index contributed by atoms with van der Waals surface area (Å²) in [5.41, 5.74) is 8.31. The number of nitrogens with one attached hydrogen (secondary N) is 1. The zero-order valence-electron chi connectivity index (χ0n) is 15.4. The molecule has 3 N–H and O–H groups in total. The number of carbonyl (C=O) groups is 1. The van der Waals surface area contributed by atoms with Crippen molar-refractivity contribution in [2.24, 2.45) is 10.9 Å². The fourth-order valence-electron chi connectivity index (χ4n) is 2.27. The van der Waals surface area contributed by atoms with E-state index in [2.05, 4.69) is 10.5 Å². The smallest absolute Gasteiger partial charge is 0.267 e. The molecule has 6 nitrogen and oxygen atoms in total. The van der Waals surface area contributed by atoms with E-state index in [0.29, 0.717) is 12.3 Å². The number of amides is 1. The standard InChI is InChI=1S/C21H21N3O3S/c1-15(27-24-20(22)17-11-12-28-14-17)21(25)23-18-7-9-19(10-8-18)26-13-16-5-3-2-4-6-16/h2-12,14-15H,13H2,1H3,(H2,22,24)(H,23,25). The van der Waals surface area contributed by atoms with E-state index in [9.17, 15) is 4.79 Å². The van der Waals surface area contributed by atoms with Crippen LogP contribution in [-0.4, -0.2) is 17.8 Å². The third kappa shape index (κ3) is 5.59. The third-order valence-electron chi connectivity index (χ3n) is 3.87. The molecule has 1 heterocycles. The first-order chi connectivity index (χ1) is 13.6. The summed E-state index contributed by atoms with van der Waals surface area (Å²) in [4.78, 5) is 17.4. The van der Waals surface area contributed by atoms with E-state index >= 15 is 0 Å². The monoisotopic (exact) mass is 395 g/mol. The maximum atomic E-state index is 12.2. The van der Waals surface area contributed by atoms with Crippen LogP contribution in [0.3, 0.4) is 0 Å². The number of ether oxygens (including phenoxy) is 1. The number of amidine groups is 1. The van der Waals surface area contributed by atoms with Gasteiger partial charge in [-0.3, -0.25) is 4.79 Å².